The van der Waals surface area contributed by atoms with Gasteiger partial charge in [-0.15, -0.1) is 0 Å². The van der Waals surface area contributed by atoms with E-state index >= 15 is 0 Å². The summed E-state index contributed by atoms with van der Waals surface area (Å²) in [5.41, 5.74) is 2.08. The lowest BCUT2D eigenvalue weighted by Crippen LogP contribution is -2.10. The molecule has 0 heterocycles. The van der Waals surface area contributed by atoms with Crippen molar-refractivity contribution in [2.24, 2.45) is 5.16 Å². The molecule has 0 amide bonds. The van der Waals surface area contributed by atoms with Crippen LogP contribution < -0.4 is 9.47 Å². The summed E-state index contributed by atoms with van der Waals surface area (Å²) in [4.78, 5) is 0. The van der Waals surface area contributed by atoms with E-state index in [9.17, 15) is 0 Å². The second kappa shape index (κ2) is 8.90. The van der Waals surface area contributed by atoms with Gasteiger partial charge in [0.1, 0.15) is 24.7 Å². The molecule has 0 aromatic heterocycles. The van der Waals surface area contributed by atoms with Gasteiger partial charge in [-0.05, 0) is 41.0 Å². The van der Waals surface area contributed by atoms with Crippen LogP contribution in [0.25, 0.3) is 10.8 Å². The molecule has 0 atom stereocenters. The van der Waals surface area contributed by atoms with Crippen LogP contribution in [0.1, 0.15) is 24.5 Å². The molecule has 0 bridgehead atoms. The highest BCUT2D eigenvalue weighted by Crippen LogP contribution is 2.26. The maximum absolute atomic E-state index is 8.97. The van der Waals surface area contributed by atoms with Crippen LogP contribution in [0.15, 0.2) is 65.8 Å². The van der Waals surface area contributed by atoms with Crippen molar-refractivity contribution in [1.29, 1.82) is 0 Å². The highest BCUT2D eigenvalue weighted by atomic mass is 16.5. The normalized spacial score (nSPS) is 11.1. The van der Waals surface area contributed by atoms with Crippen LogP contribution in [-0.4, -0.2) is 24.6 Å². The van der Waals surface area contributed by atoms with E-state index in [0.29, 0.717) is 19.0 Å². The molecular weight excluding hydrogens is 326 g/mol. The zero-order chi connectivity index (χ0) is 18.2. The maximum atomic E-state index is 8.97. The van der Waals surface area contributed by atoms with Gasteiger partial charge in [0.15, 0.2) is 0 Å². The predicted octanol–water partition coefficient (Wildman–Crippen LogP) is 5.06. The van der Waals surface area contributed by atoms with Gasteiger partial charge in [0.25, 0.3) is 0 Å². The number of benzene rings is 3. The molecule has 3 rings (SSSR count). The first-order chi connectivity index (χ1) is 12.8. The quantitative estimate of drug-likeness (QED) is 0.268. The average Bonchev–Trinajstić information content (AvgIpc) is 2.68. The van der Waals surface area contributed by atoms with Crippen molar-refractivity contribution in [2.75, 3.05) is 13.2 Å². The van der Waals surface area contributed by atoms with Gasteiger partial charge in [0.2, 0.25) is 0 Å². The number of aryl methyl sites for hydroxylation is 1. The van der Waals surface area contributed by atoms with Crippen LogP contribution in [0.3, 0.4) is 0 Å². The van der Waals surface area contributed by atoms with Gasteiger partial charge in [0.05, 0.1) is 6.21 Å². The highest BCUT2D eigenvalue weighted by molar-refractivity contribution is 6.02. The number of hydrogen-bond donors (Lipinski definition) is 1. The van der Waals surface area contributed by atoms with Crippen molar-refractivity contribution in [1.82, 2.24) is 0 Å². The van der Waals surface area contributed by atoms with E-state index in [1.54, 1.807) is 0 Å². The second-order valence-corrected chi connectivity index (χ2v) is 6.03. The number of fused-ring (bicyclic) bond motifs is 1. The molecule has 3 aromatic rings. The van der Waals surface area contributed by atoms with E-state index in [-0.39, 0.29) is 0 Å². The molecule has 0 unspecified atom stereocenters. The molecule has 1 N–H and O–H groups in total. The van der Waals surface area contributed by atoms with Crippen LogP contribution in [0.4, 0.5) is 0 Å². The standard InChI is InChI=1S/C22H23NO3/c1-2-5-17-8-11-19(12-9-17)25-14-15-26-22-13-10-18-6-3-4-7-20(18)21(22)16-23-24/h3-4,6-13,16,24H,2,5,14-15H2,1H3. The summed E-state index contributed by atoms with van der Waals surface area (Å²) in [6, 6.07) is 20.0. The van der Waals surface area contributed by atoms with Crippen molar-refractivity contribution in [3.63, 3.8) is 0 Å². The summed E-state index contributed by atoms with van der Waals surface area (Å²) in [7, 11) is 0. The third kappa shape index (κ3) is 4.33. The van der Waals surface area contributed by atoms with Gasteiger partial charge < -0.3 is 14.7 Å². The van der Waals surface area contributed by atoms with E-state index in [0.717, 1.165) is 34.9 Å². The molecule has 0 aliphatic heterocycles. The summed E-state index contributed by atoms with van der Waals surface area (Å²) < 4.78 is 11.6. The van der Waals surface area contributed by atoms with Gasteiger partial charge in [-0.1, -0.05) is 61.0 Å². The zero-order valence-corrected chi connectivity index (χ0v) is 14.9. The summed E-state index contributed by atoms with van der Waals surface area (Å²) in [6.07, 6.45) is 3.63. The summed E-state index contributed by atoms with van der Waals surface area (Å²) in [6.45, 7) is 3.02. The van der Waals surface area contributed by atoms with Crippen LogP contribution >= 0.6 is 0 Å². The van der Waals surface area contributed by atoms with Crippen molar-refractivity contribution >= 4 is 17.0 Å². The number of rotatable bonds is 8. The number of hydrogen-bond acceptors (Lipinski definition) is 4. The van der Waals surface area contributed by atoms with Gasteiger partial charge in [0, 0.05) is 5.56 Å². The first-order valence-corrected chi connectivity index (χ1v) is 8.85. The molecule has 4 nitrogen and oxygen atoms in total. The number of ether oxygens (including phenoxy) is 2. The van der Waals surface area contributed by atoms with Crippen LogP contribution in [-0.2, 0) is 6.42 Å². The third-order valence-corrected chi connectivity index (χ3v) is 4.19. The van der Waals surface area contributed by atoms with Gasteiger partial charge >= 0.3 is 0 Å². The van der Waals surface area contributed by atoms with Crippen molar-refractivity contribution in [3.05, 3.63) is 71.8 Å². The van der Waals surface area contributed by atoms with Crippen LogP contribution in [0.5, 0.6) is 11.5 Å². The van der Waals surface area contributed by atoms with Crippen molar-refractivity contribution in [2.45, 2.75) is 19.8 Å². The molecule has 4 heteroatoms. The Morgan fingerprint density at radius 2 is 1.69 bits per heavy atom. The Morgan fingerprint density at radius 1 is 0.923 bits per heavy atom. The fraction of sp³-hybridized carbons (Fsp3) is 0.227. The molecule has 0 radical (unpaired) electrons. The average molecular weight is 349 g/mol. The smallest absolute Gasteiger partial charge is 0.129 e. The van der Waals surface area contributed by atoms with E-state index in [4.69, 9.17) is 14.7 Å². The minimum atomic E-state index is 0.404. The molecule has 134 valence electrons. The van der Waals surface area contributed by atoms with E-state index in [1.165, 1.54) is 11.8 Å². The molecule has 26 heavy (non-hydrogen) atoms. The fourth-order valence-electron chi connectivity index (χ4n) is 2.94. The maximum Gasteiger partial charge on any atom is 0.129 e. The lowest BCUT2D eigenvalue weighted by molar-refractivity contribution is 0.217. The lowest BCUT2D eigenvalue weighted by Gasteiger charge is -2.12. The molecule has 3 aromatic carbocycles. The largest absolute Gasteiger partial charge is 0.490 e. The third-order valence-electron chi connectivity index (χ3n) is 4.19. The van der Waals surface area contributed by atoms with Crippen LogP contribution in [0.2, 0.25) is 0 Å². The Morgan fingerprint density at radius 3 is 2.46 bits per heavy atom. The molecular formula is C22H23NO3. The SMILES string of the molecule is CCCc1ccc(OCCOc2ccc3ccccc3c2C=NO)cc1. The Bertz CT molecular complexity index is 872. The predicted molar refractivity (Wildman–Crippen MR) is 105 cm³/mol. The van der Waals surface area contributed by atoms with Crippen molar-refractivity contribution in [3.8, 4) is 11.5 Å². The Labute approximate surface area is 153 Å². The van der Waals surface area contributed by atoms with E-state index in [2.05, 4.69) is 24.2 Å². The summed E-state index contributed by atoms with van der Waals surface area (Å²) in [5, 5.41) is 14.2. The summed E-state index contributed by atoms with van der Waals surface area (Å²) >= 11 is 0. The van der Waals surface area contributed by atoms with E-state index < -0.39 is 0 Å². The second-order valence-electron chi connectivity index (χ2n) is 6.03. The monoisotopic (exact) mass is 349 g/mol. The molecule has 0 spiro atoms. The first-order valence-electron chi connectivity index (χ1n) is 8.85. The minimum absolute atomic E-state index is 0.404. The topological polar surface area (TPSA) is 51.0 Å². The molecule has 0 fully saturated rings. The first kappa shape index (κ1) is 17.8. The Balaban J connectivity index is 1.62. The van der Waals surface area contributed by atoms with Gasteiger partial charge in [-0.25, -0.2) is 0 Å². The Hall–Kier alpha value is -3.01. The summed E-state index contributed by atoms with van der Waals surface area (Å²) in [5.74, 6) is 1.51. The lowest BCUT2D eigenvalue weighted by atomic mass is 10.0. The molecule has 0 aliphatic carbocycles. The van der Waals surface area contributed by atoms with E-state index in [1.807, 2.05) is 48.5 Å². The van der Waals surface area contributed by atoms with Crippen LogP contribution in [0, 0.1) is 0 Å². The Kier molecular flexibility index (Phi) is 6.09. The number of nitrogens with zero attached hydrogens (tertiary/aromatic N) is 1. The minimum Gasteiger partial charge on any atom is -0.490 e. The molecule has 0 saturated carbocycles. The van der Waals surface area contributed by atoms with Gasteiger partial charge in [-0.3, -0.25) is 0 Å². The number of oxime groups is 1. The fourth-order valence-corrected chi connectivity index (χ4v) is 2.94. The molecule has 0 aliphatic rings. The highest BCUT2D eigenvalue weighted by Gasteiger charge is 2.07. The molecule has 0 saturated heterocycles. The van der Waals surface area contributed by atoms with Crippen molar-refractivity contribution < 1.29 is 14.7 Å². The zero-order valence-electron chi connectivity index (χ0n) is 14.9. The van der Waals surface area contributed by atoms with Gasteiger partial charge in [-0.2, -0.15) is 0 Å².